The number of hydrogen-bond acceptors (Lipinski definition) is 0. The molecule has 0 amide bonds. The van der Waals surface area contributed by atoms with Gasteiger partial charge in [0.15, 0.2) is 0 Å². The Morgan fingerprint density at radius 1 is 0.788 bits per heavy atom. The van der Waals surface area contributed by atoms with Gasteiger partial charge in [0, 0.05) is 5.92 Å². The van der Waals surface area contributed by atoms with Crippen molar-refractivity contribution in [2.75, 3.05) is 0 Å². The van der Waals surface area contributed by atoms with Gasteiger partial charge in [0.2, 0.25) is 0 Å². The van der Waals surface area contributed by atoms with Crippen molar-refractivity contribution in [3.8, 4) is 0 Å². The van der Waals surface area contributed by atoms with Crippen molar-refractivity contribution < 1.29 is 0 Å². The standard InChI is InChI=1S/C32H36Si/c1-2-3-4-5-6-14-25-33(28-17-8-7-9-18-28,31-23-21-26-15-10-12-19-29(26)31)32-24-22-27-16-11-13-20-30(27)32/h7-13,15-21,23-24,26H,2-6,14,22,25H2,1H3. The summed E-state index contributed by atoms with van der Waals surface area (Å²) in [5.74, 6) is 0.447. The van der Waals surface area contributed by atoms with Gasteiger partial charge in [-0.3, -0.25) is 0 Å². The minimum atomic E-state index is -2.16. The van der Waals surface area contributed by atoms with E-state index in [0.29, 0.717) is 5.92 Å². The third-order valence-electron chi connectivity index (χ3n) is 7.77. The van der Waals surface area contributed by atoms with Crippen LogP contribution in [0.3, 0.4) is 0 Å². The van der Waals surface area contributed by atoms with E-state index in [1.54, 1.807) is 21.2 Å². The molecule has 0 bridgehead atoms. The first-order valence-electron chi connectivity index (χ1n) is 13.0. The summed E-state index contributed by atoms with van der Waals surface area (Å²) >= 11 is 0. The Balaban J connectivity index is 1.63. The molecule has 0 spiro atoms. The van der Waals surface area contributed by atoms with Crippen LogP contribution >= 0.6 is 0 Å². The van der Waals surface area contributed by atoms with Gasteiger partial charge in [-0.05, 0) is 44.7 Å². The zero-order valence-electron chi connectivity index (χ0n) is 20.0. The monoisotopic (exact) mass is 448 g/mol. The zero-order chi connectivity index (χ0) is 22.5. The fourth-order valence-electron chi connectivity index (χ4n) is 6.13. The highest BCUT2D eigenvalue weighted by Crippen LogP contribution is 2.46. The molecular formula is C32H36Si. The molecule has 0 heterocycles. The SMILES string of the molecule is CCCCCCCC[Si](C1=CCc2ccccc21)(C1=C2C=CC=CC2C=C1)c1ccccc1. The zero-order valence-corrected chi connectivity index (χ0v) is 21.0. The Labute approximate surface area is 201 Å². The lowest BCUT2D eigenvalue weighted by Gasteiger charge is -2.37. The van der Waals surface area contributed by atoms with E-state index in [2.05, 4.69) is 104 Å². The number of benzene rings is 2. The molecule has 2 aromatic carbocycles. The molecule has 0 radical (unpaired) electrons. The molecule has 3 aliphatic rings. The maximum absolute atomic E-state index is 2.60. The topological polar surface area (TPSA) is 0 Å². The van der Waals surface area contributed by atoms with E-state index in [4.69, 9.17) is 0 Å². The highest BCUT2D eigenvalue weighted by Gasteiger charge is 2.46. The summed E-state index contributed by atoms with van der Waals surface area (Å²) in [6.45, 7) is 2.31. The van der Waals surface area contributed by atoms with Gasteiger partial charge in [-0.15, -0.1) is 0 Å². The maximum atomic E-state index is 2.60. The molecule has 3 aliphatic carbocycles. The molecule has 0 nitrogen and oxygen atoms in total. The average molecular weight is 449 g/mol. The predicted octanol–water partition coefficient (Wildman–Crippen LogP) is 8.03. The first-order chi connectivity index (χ1) is 16.3. The van der Waals surface area contributed by atoms with E-state index >= 15 is 0 Å². The third-order valence-corrected chi connectivity index (χ3v) is 13.0. The molecule has 0 saturated carbocycles. The molecule has 168 valence electrons. The van der Waals surface area contributed by atoms with Gasteiger partial charge in [0.05, 0.1) is 0 Å². The van der Waals surface area contributed by atoms with E-state index in [9.17, 15) is 0 Å². The largest absolute Gasteiger partial charge is 0.149 e. The molecule has 5 rings (SSSR count). The Morgan fingerprint density at radius 2 is 1.58 bits per heavy atom. The van der Waals surface area contributed by atoms with Crippen LogP contribution < -0.4 is 5.19 Å². The van der Waals surface area contributed by atoms with Gasteiger partial charge >= 0.3 is 0 Å². The second-order valence-corrected chi connectivity index (χ2v) is 13.7. The Bertz CT molecular complexity index is 1130. The summed E-state index contributed by atoms with van der Waals surface area (Å²) in [4.78, 5) is 0. The normalized spacial score (nSPS) is 20.0. The first-order valence-corrected chi connectivity index (χ1v) is 15.2. The lowest BCUT2D eigenvalue weighted by molar-refractivity contribution is 0.623. The van der Waals surface area contributed by atoms with E-state index < -0.39 is 8.07 Å². The Hall–Kier alpha value is -2.64. The lowest BCUT2D eigenvalue weighted by Crippen LogP contribution is -2.51. The van der Waals surface area contributed by atoms with Crippen LogP contribution in [0.5, 0.6) is 0 Å². The van der Waals surface area contributed by atoms with Crippen molar-refractivity contribution in [2.24, 2.45) is 5.92 Å². The molecule has 2 atom stereocenters. The van der Waals surface area contributed by atoms with Gasteiger partial charge in [-0.1, -0.05) is 143 Å². The van der Waals surface area contributed by atoms with E-state index in [1.165, 1.54) is 55.7 Å². The number of unbranched alkanes of at least 4 members (excludes halogenated alkanes) is 5. The van der Waals surface area contributed by atoms with Crippen LogP contribution in [0.1, 0.15) is 56.6 Å². The van der Waals surface area contributed by atoms with Crippen molar-refractivity contribution in [1.29, 1.82) is 0 Å². The van der Waals surface area contributed by atoms with E-state index in [0.717, 1.165) is 6.42 Å². The molecular weight excluding hydrogens is 412 g/mol. The molecule has 0 fully saturated rings. The number of rotatable bonds is 10. The van der Waals surface area contributed by atoms with Crippen LogP contribution in [0.25, 0.3) is 5.20 Å². The maximum Gasteiger partial charge on any atom is 0.149 e. The summed E-state index contributed by atoms with van der Waals surface area (Å²) in [5, 5.41) is 4.89. The van der Waals surface area contributed by atoms with Crippen molar-refractivity contribution in [2.45, 2.75) is 57.9 Å². The van der Waals surface area contributed by atoms with Crippen molar-refractivity contribution in [3.05, 3.63) is 119 Å². The van der Waals surface area contributed by atoms with Crippen LogP contribution in [0.4, 0.5) is 0 Å². The van der Waals surface area contributed by atoms with Crippen LogP contribution in [-0.4, -0.2) is 8.07 Å². The first kappa shape index (κ1) is 22.2. The van der Waals surface area contributed by atoms with Gasteiger partial charge in [0.1, 0.15) is 8.07 Å². The number of fused-ring (bicyclic) bond motifs is 2. The smallest absolute Gasteiger partial charge is 0.0795 e. The third kappa shape index (κ3) is 4.20. The molecule has 0 aliphatic heterocycles. The minimum absolute atomic E-state index is 0.447. The van der Waals surface area contributed by atoms with Gasteiger partial charge in [0.25, 0.3) is 0 Å². The Kier molecular flexibility index (Phi) is 6.78. The molecule has 0 saturated heterocycles. The van der Waals surface area contributed by atoms with E-state index in [-0.39, 0.29) is 0 Å². The highest BCUT2D eigenvalue weighted by molar-refractivity contribution is 7.11. The molecule has 0 N–H and O–H groups in total. The molecule has 33 heavy (non-hydrogen) atoms. The van der Waals surface area contributed by atoms with Gasteiger partial charge in [-0.2, -0.15) is 0 Å². The van der Waals surface area contributed by atoms with Gasteiger partial charge < -0.3 is 0 Å². The van der Waals surface area contributed by atoms with Crippen molar-refractivity contribution in [3.63, 3.8) is 0 Å². The summed E-state index contributed by atoms with van der Waals surface area (Å²) in [5.41, 5.74) is 4.56. The van der Waals surface area contributed by atoms with Crippen LogP contribution in [0, 0.1) is 5.92 Å². The molecule has 2 aromatic rings. The number of allylic oxidation sites excluding steroid dienone is 9. The summed E-state index contributed by atoms with van der Waals surface area (Å²) in [6, 6.07) is 22.0. The van der Waals surface area contributed by atoms with Crippen LogP contribution in [0.15, 0.2) is 108 Å². The molecule has 0 aromatic heterocycles. The summed E-state index contributed by atoms with van der Waals surface area (Å²) in [7, 11) is -2.16. The number of hydrogen-bond donors (Lipinski definition) is 0. The van der Waals surface area contributed by atoms with Gasteiger partial charge in [-0.25, -0.2) is 0 Å². The quantitative estimate of drug-likeness (QED) is 0.255. The molecule has 1 heteroatoms. The fraction of sp³-hybridized carbons (Fsp3) is 0.312. The minimum Gasteiger partial charge on any atom is -0.0795 e. The Morgan fingerprint density at radius 3 is 2.45 bits per heavy atom. The summed E-state index contributed by atoms with van der Waals surface area (Å²) in [6.07, 6.45) is 25.9. The average Bonchev–Trinajstić information content (AvgIpc) is 3.50. The van der Waals surface area contributed by atoms with Crippen LogP contribution in [-0.2, 0) is 6.42 Å². The highest BCUT2D eigenvalue weighted by atomic mass is 28.3. The summed E-state index contributed by atoms with van der Waals surface area (Å²) < 4.78 is 0. The van der Waals surface area contributed by atoms with Crippen molar-refractivity contribution in [1.82, 2.24) is 0 Å². The van der Waals surface area contributed by atoms with Crippen molar-refractivity contribution >= 4 is 18.5 Å². The second-order valence-electron chi connectivity index (χ2n) is 9.77. The fourth-order valence-corrected chi connectivity index (χ4v) is 11.7. The lowest BCUT2D eigenvalue weighted by atomic mass is 9.98. The predicted molar refractivity (Wildman–Crippen MR) is 146 cm³/mol. The van der Waals surface area contributed by atoms with E-state index in [1.807, 2.05) is 0 Å². The van der Waals surface area contributed by atoms with Crippen LogP contribution in [0.2, 0.25) is 6.04 Å². The second kappa shape index (κ2) is 10.1. The molecule has 2 unspecified atom stereocenters.